The maximum absolute atomic E-state index is 11.9. The highest BCUT2D eigenvalue weighted by Crippen LogP contribution is 2.25. The lowest BCUT2D eigenvalue weighted by molar-refractivity contribution is -0.143. The Labute approximate surface area is 128 Å². The number of amides is 1. The highest BCUT2D eigenvalue weighted by molar-refractivity contribution is 7.13. The van der Waals surface area contributed by atoms with Crippen molar-refractivity contribution in [2.75, 3.05) is 24.6 Å². The number of piperazine rings is 1. The SMILES string of the molecule is CCOC(=O)CCc1csc(N2CCNC(=O)C2CC)n1. The van der Waals surface area contributed by atoms with Crippen molar-refractivity contribution in [3.8, 4) is 0 Å². The number of ether oxygens (including phenoxy) is 1. The maximum Gasteiger partial charge on any atom is 0.306 e. The molecule has 0 bridgehead atoms. The Morgan fingerprint density at radius 2 is 2.38 bits per heavy atom. The first-order valence-corrected chi connectivity index (χ1v) is 8.18. The molecule has 1 aliphatic rings. The molecular weight excluding hydrogens is 290 g/mol. The van der Waals surface area contributed by atoms with Crippen molar-refractivity contribution in [1.82, 2.24) is 10.3 Å². The van der Waals surface area contributed by atoms with Gasteiger partial charge >= 0.3 is 5.97 Å². The van der Waals surface area contributed by atoms with Gasteiger partial charge < -0.3 is 15.0 Å². The monoisotopic (exact) mass is 311 g/mol. The second-order valence-electron chi connectivity index (χ2n) is 4.83. The molecular formula is C14H21N3O3S. The molecule has 1 amide bonds. The smallest absolute Gasteiger partial charge is 0.306 e. The van der Waals surface area contributed by atoms with Crippen LogP contribution in [-0.4, -0.2) is 42.6 Å². The zero-order valence-electron chi connectivity index (χ0n) is 12.4. The maximum atomic E-state index is 11.9. The number of aryl methyl sites for hydroxylation is 1. The lowest BCUT2D eigenvalue weighted by Gasteiger charge is -2.34. The molecule has 1 N–H and O–H groups in total. The molecule has 21 heavy (non-hydrogen) atoms. The molecule has 116 valence electrons. The first-order chi connectivity index (χ1) is 10.2. The van der Waals surface area contributed by atoms with Gasteiger partial charge in [-0.2, -0.15) is 0 Å². The van der Waals surface area contributed by atoms with Crippen molar-refractivity contribution in [1.29, 1.82) is 0 Å². The second-order valence-corrected chi connectivity index (χ2v) is 5.67. The van der Waals surface area contributed by atoms with Crippen LogP contribution in [0.5, 0.6) is 0 Å². The molecule has 0 aromatic carbocycles. The Kier molecular flexibility index (Phi) is 5.55. The van der Waals surface area contributed by atoms with Crippen molar-refractivity contribution >= 4 is 28.3 Å². The zero-order valence-corrected chi connectivity index (χ0v) is 13.2. The van der Waals surface area contributed by atoms with E-state index in [0.29, 0.717) is 26.0 Å². The van der Waals surface area contributed by atoms with Crippen molar-refractivity contribution in [2.24, 2.45) is 0 Å². The molecule has 6 nitrogen and oxygen atoms in total. The summed E-state index contributed by atoms with van der Waals surface area (Å²) in [6.45, 7) is 5.62. The number of esters is 1. The number of rotatable bonds is 6. The number of carbonyl (C=O) groups is 2. The minimum Gasteiger partial charge on any atom is -0.466 e. The summed E-state index contributed by atoms with van der Waals surface area (Å²) in [4.78, 5) is 29.8. The predicted molar refractivity (Wildman–Crippen MR) is 81.5 cm³/mol. The minimum atomic E-state index is -0.198. The van der Waals surface area contributed by atoms with E-state index < -0.39 is 0 Å². The standard InChI is InChI=1S/C14H21N3O3S/c1-3-11-13(19)15-7-8-17(11)14-16-10(9-21-14)5-6-12(18)20-4-2/h9,11H,3-8H2,1-2H3,(H,15,19). The van der Waals surface area contributed by atoms with Crippen LogP contribution in [0.2, 0.25) is 0 Å². The van der Waals surface area contributed by atoms with Gasteiger partial charge in [0.1, 0.15) is 6.04 Å². The van der Waals surface area contributed by atoms with Crippen LogP contribution in [0.15, 0.2) is 5.38 Å². The fourth-order valence-electron chi connectivity index (χ4n) is 2.36. The van der Waals surface area contributed by atoms with Gasteiger partial charge in [0.25, 0.3) is 0 Å². The number of hydrogen-bond donors (Lipinski definition) is 1. The number of nitrogens with one attached hydrogen (secondary N) is 1. The van der Waals surface area contributed by atoms with Crippen LogP contribution in [0.4, 0.5) is 5.13 Å². The molecule has 0 aliphatic carbocycles. The van der Waals surface area contributed by atoms with Gasteiger partial charge in [0.05, 0.1) is 18.7 Å². The van der Waals surface area contributed by atoms with E-state index in [-0.39, 0.29) is 17.9 Å². The van der Waals surface area contributed by atoms with Crippen LogP contribution < -0.4 is 10.2 Å². The normalized spacial score (nSPS) is 18.5. The first kappa shape index (κ1) is 15.8. The molecule has 1 fully saturated rings. The van der Waals surface area contributed by atoms with Gasteiger partial charge in [-0.25, -0.2) is 4.98 Å². The van der Waals surface area contributed by atoms with E-state index in [2.05, 4.69) is 15.2 Å². The Morgan fingerprint density at radius 3 is 3.10 bits per heavy atom. The Bertz CT molecular complexity index is 503. The van der Waals surface area contributed by atoms with Crippen molar-refractivity contribution in [2.45, 2.75) is 39.2 Å². The van der Waals surface area contributed by atoms with Crippen molar-refractivity contribution in [3.63, 3.8) is 0 Å². The molecule has 1 aromatic heterocycles. The van der Waals surface area contributed by atoms with Gasteiger partial charge in [-0.15, -0.1) is 11.3 Å². The molecule has 0 saturated carbocycles. The largest absolute Gasteiger partial charge is 0.466 e. The van der Waals surface area contributed by atoms with E-state index in [1.54, 1.807) is 6.92 Å². The third kappa shape index (κ3) is 3.93. The number of anilines is 1. The predicted octanol–water partition coefficient (Wildman–Crippen LogP) is 1.35. The van der Waals surface area contributed by atoms with Gasteiger partial charge in [0, 0.05) is 24.9 Å². The quantitative estimate of drug-likeness (QED) is 0.803. The fraction of sp³-hybridized carbons (Fsp3) is 0.643. The first-order valence-electron chi connectivity index (χ1n) is 7.30. The Balaban J connectivity index is 1.98. The molecule has 0 radical (unpaired) electrons. The second kappa shape index (κ2) is 7.40. The van der Waals surface area contributed by atoms with Gasteiger partial charge in [0.2, 0.25) is 5.91 Å². The molecule has 0 spiro atoms. The fourth-order valence-corrected chi connectivity index (χ4v) is 3.29. The molecule has 1 unspecified atom stereocenters. The number of nitrogens with zero attached hydrogens (tertiary/aromatic N) is 2. The van der Waals surface area contributed by atoms with Crippen molar-refractivity contribution < 1.29 is 14.3 Å². The van der Waals surface area contributed by atoms with E-state index in [4.69, 9.17) is 4.74 Å². The zero-order chi connectivity index (χ0) is 15.2. The van der Waals surface area contributed by atoms with E-state index in [0.717, 1.165) is 23.8 Å². The third-order valence-corrected chi connectivity index (χ3v) is 4.32. The van der Waals surface area contributed by atoms with E-state index in [1.807, 2.05) is 12.3 Å². The van der Waals surface area contributed by atoms with Crippen LogP contribution in [0.1, 0.15) is 32.4 Å². The molecule has 1 aliphatic heterocycles. The van der Waals surface area contributed by atoms with Gasteiger partial charge in [-0.05, 0) is 13.3 Å². The molecule has 2 heterocycles. The van der Waals surface area contributed by atoms with Crippen molar-refractivity contribution in [3.05, 3.63) is 11.1 Å². The molecule has 1 aromatic rings. The Hall–Kier alpha value is -1.63. The van der Waals surface area contributed by atoms with Crippen LogP contribution in [0.3, 0.4) is 0 Å². The van der Waals surface area contributed by atoms with Crippen LogP contribution >= 0.6 is 11.3 Å². The summed E-state index contributed by atoms with van der Waals surface area (Å²) in [5.74, 6) is -0.136. The lowest BCUT2D eigenvalue weighted by Crippen LogP contribution is -2.55. The molecule has 2 rings (SSSR count). The molecule has 7 heteroatoms. The summed E-state index contributed by atoms with van der Waals surface area (Å²) in [6, 6.07) is -0.150. The number of aromatic nitrogens is 1. The summed E-state index contributed by atoms with van der Waals surface area (Å²) < 4.78 is 4.91. The average Bonchev–Trinajstić information content (AvgIpc) is 2.94. The number of thiazole rings is 1. The van der Waals surface area contributed by atoms with Gasteiger partial charge in [-0.3, -0.25) is 9.59 Å². The summed E-state index contributed by atoms with van der Waals surface area (Å²) in [7, 11) is 0. The summed E-state index contributed by atoms with van der Waals surface area (Å²) >= 11 is 1.52. The van der Waals surface area contributed by atoms with Crippen LogP contribution in [0, 0.1) is 0 Å². The van der Waals surface area contributed by atoms with E-state index in [1.165, 1.54) is 11.3 Å². The van der Waals surface area contributed by atoms with E-state index in [9.17, 15) is 9.59 Å². The van der Waals surface area contributed by atoms with Gasteiger partial charge in [0.15, 0.2) is 5.13 Å². The average molecular weight is 311 g/mol. The summed E-state index contributed by atoms with van der Waals surface area (Å²) in [5.41, 5.74) is 0.879. The van der Waals surface area contributed by atoms with Crippen LogP contribution in [-0.2, 0) is 20.7 Å². The number of carbonyl (C=O) groups excluding carboxylic acids is 2. The number of hydrogen-bond acceptors (Lipinski definition) is 6. The highest BCUT2D eigenvalue weighted by Gasteiger charge is 2.29. The lowest BCUT2D eigenvalue weighted by atomic mass is 10.1. The topological polar surface area (TPSA) is 71.5 Å². The molecule has 1 atom stereocenters. The van der Waals surface area contributed by atoms with E-state index >= 15 is 0 Å². The summed E-state index contributed by atoms with van der Waals surface area (Å²) in [5, 5.41) is 5.69. The van der Waals surface area contributed by atoms with Crippen LogP contribution in [0.25, 0.3) is 0 Å². The highest BCUT2D eigenvalue weighted by atomic mass is 32.1. The Morgan fingerprint density at radius 1 is 1.57 bits per heavy atom. The van der Waals surface area contributed by atoms with Gasteiger partial charge in [-0.1, -0.05) is 6.92 Å². The summed E-state index contributed by atoms with van der Waals surface area (Å²) in [6.07, 6.45) is 1.67. The third-order valence-electron chi connectivity index (χ3n) is 3.39. The molecule has 1 saturated heterocycles. The minimum absolute atomic E-state index is 0.0621.